The number of esters is 1. The maximum Gasteiger partial charge on any atom is 0.341 e. The quantitative estimate of drug-likeness (QED) is 0.242. The number of hydrogen-bond acceptors (Lipinski definition) is 8. The maximum atomic E-state index is 12.6. The second-order valence-corrected chi connectivity index (χ2v) is 9.67. The first kappa shape index (κ1) is 25.2. The summed E-state index contributed by atoms with van der Waals surface area (Å²) in [6.07, 6.45) is 0. The highest BCUT2D eigenvalue weighted by molar-refractivity contribution is 7.99. The molecule has 1 aromatic carbocycles. The maximum absolute atomic E-state index is 12.6. The fourth-order valence-corrected chi connectivity index (χ4v) is 5.34. The summed E-state index contributed by atoms with van der Waals surface area (Å²) in [5.41, 5.74) is 1.35. The number of hydrogen-bond donors (Lipinski definition) is 1. The third-order valence-corrected chi connectivity index (χ3v) is 7.41. The number of carbonyl (C=O) groups is 3. The molecule has 0 saturated carbocycles. The molecular weight excluding hydrogens is 507 g/mol. The molecule has 0 radical (unpaired) electrons. The van der Waals surface area contributed by atoms with Crippen LogP contribution in [0.1, 0.15) is 39.4 Å². The van der Waals surface area contributed by atoms with Crippen LogP contribution in [0.4, 0.5) is 5.00 Å². The number of aromatic nitrogens is 3. The summed E-state index contributed by atoms with van der Waals surface area (Å²) in [7, 11) is 1.77. The number of nitrogens with zero attached hydrogens (tertiary/aromatic N) is 3. The summed E-state index contributed by atoms with van der Waals surface area (Å²) in [6, 6.07) is 5.07. The smallest absolute Gasteiger partial charge is 0.341 e. The monoisotopic (exact) mass is 526 g/mol. The summed E-state index contributed by atoms with van der Waals surface area (Å²) >= 11 is 14.4. The van der Waals surface area contributed by atoms with Crippen molar-refractivity contribution in [1.82, 2.24) is 14.8 Å². The van der Waals surface area contributed by atoms with Gasteiger partial charge in [-0.05, 0) is 44.5 Å². The molecule has 3 rings (SSSR count). The molecule has 0 unspecified atom stereocenters. The number of rotatable bonds is 8. The Kier molecular flexibility index (Phi) is 8.17. The van der Waals surface area contributed by atoms with E-state index in [2.05, 4.69) is 15.5 Å². The molecule has 0 atom stereocenters. The summed E-state index contributed by atoms with van der Waals surface area (Å²) in [4.78, 5) is 37.3. The lowest BCUT2D eigenvalue weighted by atomic mass is 10.1. The Labute approximate surface area is 208 Å². The minimum absolute atomic E-state index is 0.00887. The van der Waals surface area contributed by atoms with Crippen LogP contribution in [0.3, 0.4) is 0 Å². The van der Waals surface area contributed by atoms with E-state index < -0.39 is 5.97 Å². The van der Waals surface area contributed by atoms with Crippen LogP contribution < -0.4 is 5.32 Å². The number of nitrogens with one attached hydrogen (secondary N) is 1. The van der Waals surface area contributed by atoms with Crippen molar-refractivity contribution in [3.8, 4) is 11.4 Å². The van der Waals surface area contributed by atoms with Gasteiger partial charge in [0.2, 0.25) is 5.91 Å². The zero-order chi connectivity index (χ0) is 24.3. The van der Waals surface area contributed by atoms with Gasteiger partial charge in [0.05, 0.1) is 27.8 Å². The van der Waals surface area contributed by atoms with E-state index in [9.17, 15) is 14.4 Å². The van der Waals surface area contributed by atoms with Gasteiger partial charge in [-0.1, -0.05) is 35.0 Å². The molecule has 1 amide bonds. The van der Waals surface area contributed by atoms with E-state index in [4.69, 9.17) is 27.9 Å². The van der Waals surface area contributed by atoms with Gasteiger partial charge in [-0.3, -0.25) is 9.59 Å². The van der Waals surface area contributed by atoms with E-state index in [0.717, 1.165) is 11.3 Å². The molecular formula is C21H20Cl2N4O4S2. The first-order chi connectivity index (χ1) is 15.6. The Morgan fingerprint density at radius 1 is 1.24 bits per heavy atom. The number of Topliss-reactive ketones (excluding diaryl/α,β-unsaturated/α-hetero) is 1. The first-order valence-corrected chi connectivity index (χ1v) is 12.3. The predicted molar refractivity (Wildman–Crippen MR) is 131 cm³/mol. The topological polar surface area (TPSA) is 103 Å². The lowest BCUT2D eigenvalue weighted by Gasteiger charge is -2.08. The second-order valence-electron chi connectivity index (χ2n) is 6.86. The number of ether oxygens (including phenoxy) is 1. The van der Waals surface area contributed by atoms with Crippen LogP contribution in [0.25, 0.3) is 11.4 Å². The number of anilines is 1. The van der Waals surface area contributed by atoms with Gasteiger partial charge >= 0.3 is 5.97 Å². The number of benzene rings is 1. The average Bonchev–Trinajstić information content (AvgIpc) is 3.26. The molecule has 2 aromatic heterocycles. The average molecular weight is 527 g/mol. The van der Waals surface area contributed by atoms with Gasteiger partial charge in [-0.25, -0.2) is 4.79 Å². The Morgan fingerprint density at radius 2 is 1.97 bits per heavy atom. The largest absolute Gasteiger partial charge is 0.462 e. The molecule has 8 nitrogen and oxygen atoms in total. The normalized spacial score (nSPS) is 10.8. The van der Waals surface area contributed by atoms with Gasteiger partial charge in [0.25, 0.3) is 0 Å². The van der Waals surface area contributed by atoms with Gasteiger partial charge in [0, 0.05) is 17.6 Å². The second kappa shape index (κ2) is 10.7. The number of amides is 1. The lowest BCUT2D eigenvalue weighted by Crippen LogP contribution is -2.16. The standard InChI is InChI=1S/C21H20Cl2N4O4S2/c1-5-31-20(30)16-10(2)17(11(3)28)33-19(16)24-15(29)9-32-21-26-25-18(27(21)4)13-7-6-12(22)8-14(13)23/h6-8H,5,9H2,1-4H3,(H,24,29). The Morgan fingerprint density at radius 3 is 2.61 bits per heavy atom. The van der Waals surface area contributed by atoms with Gasteiger partial charge in [0.15, 0.2) is 16.8 Å². The molecule has 0 saturated heterocycles. The van der Waals surface area contributed by atoms with Crippen LogP contribution in [0.5, 0.6) is 0 Å². The summed E-state index contributed by atoms with van der Waals surface area (Å²) < 4.78 is 6.81. The van der Waals surface area contributed by atoms with E-state index in [1.54, 1.807) is 43.7 Å². The molecule has 174 valence electrons. The molecule has 12 heteroatoms. The van der Waals surface area contributed by atoms with E-state index >= 15 is 0 Å². The zero-order valence-electron chi connectivity index (χ0n) is 18.2. The molecule has 2 heterocycles. The van der Waals surface area contributed by atoms with Crippen LogP contribution in [0.2, 0.25) is 10.0 Å². The van der Waals surface area contributed by atoms with Crippen LogP contribution in [0.15, 0.2) is 23.4 Å². The molecule has 0 fully saturated rings. The molecule has 0 bridgehead atoms. The fourth-order valence-electron chi connectivity index (χ4n) is 3.03. The van der Waals surface area contributed by atoms with E-state index in [-0.39, 0.29) is 34.6 Å². The number of thiophene rings is 1. The van der Waals surface area contributed by atoms with Gasteiger partial charge in [-0.15, -0.1) is 21.5 Å². The molecule has 33 heavy (non-hydrogen) atoms. The Bertz CT molecular complexity index is 1240. The fraction of sp³-hybridized carbons (Fsp3) is 0.286. The minimum Gasteiger partial charge on any atom is -0.462 e. The van der Waals surface area contributed by atoms with Gasteiger partial charge < -0.3 is 14.6 Å². The molecule has 0 spiro atoms. The first-order valence-electron chi connectivity index (χ1n) is 9.72. The summed E-state index contributed by atoms with van der Waals surface area (Å²) in [5.74, 6) is -0.598. The van der Waals surface area contributed by atoms with E-state index in [0.29, 0.717) is 37.0 Å². The number of thioether (sulfide) groups is 1. The predicted octanol–water partition coefficient (Wildman–Crippen LogP) is 5.27. The van der Waals surface area contributed by atoms with Crippen molar-refractivity contribution in [1.29, 1.82) is 0 Å². The highest BCUT2D eigenvalue weighted by Crippen LogP contribution is 2.35. The molecule has 0 aliphatic carbocycles. The number of ketones is 1. The third kappa shape index (κ3) is 5.57. The third-order valence-electron chi connectivity index (χ3n) is 4.54. The molecule has 1 N–H and O–H groups in total. The molecule has 3 aromatic rings. The van der Waals surface area contributed by atoms with Crippen molar-refractivity contribution in [3.05, 3.63) is 44.2 Å². The van der Waals surface area contributed by atoms with E-state index in [1.165, 1.54) is 18.7 Å². The van der Waals surface area contributed by atoms with Crippen LogP contribution >= 0.6 is 46.3 Å². The van der Waals surface area contributed by atoms with E-state index in [1.807, 2.05) is 0 Å². The summed E-state index contributed by atoms with van der Waals surface area (Å²) in [6.45, 7) is 4.94. The zero-order valence-corrected chi connectivity index (χ0v) is 21.3. The highest BCUT2D eigenvalue weighted by atomic mass is 35.5. The SMILES string of the molecule is CCOC(=O)c1c(NC(=O)CSc2nnc(-c3ccc(Cl)cc3Cl)n2C)sc(C(C)=O)c1C. The van der Waals surface area contributed by atoms with Crippen molar-refractivity contribution >= 4 is 69.0 Å². The number of halogens is 2. The van der Waals surface area contributed by atoms with Gasteiger partial charge in [-0.2, -0.15) is 0 Å². The highest BCUT2D eigenvalue weighted by Gasteiger charge is 2.25. The van der Waals surface area contributed by atoms with Crippen LogP contribution in [-0.2, 0) is 16.6 Å². The summed E-state index contributed by atoms with van der Waals surface area (Å²) in [5, 5.41) is 12.8. The van der Waals surface area contributed by atoms with Crippen molar-refractivity contribution in [2.45, 2.75) is 25.9 Å². The minimum atomic E-state index is -0.584. The van der Waals surface area contributed by atoms with Crippen molar-refractivity contribution in [2.75, 3.05) is 17.7 Å². The molecule has 0 aliphatic heterocycles. The van der Waals surface area contributed by atoms with Gasteiger partial charge in [0.1, 0.15) is 5.00 Å². The van der Waals surface area contributed by atoms with Crippen molar-refractivity contribution in [2.24, 2.45) is 7.05 Å². The van der Waals surface area contributed by atoms with Crippen molar-refractivity contribution < 1.29 is 19.1 Å². The van der Waals surface area contributed by atoms with Crippen LogP contribution in [0, 0.1) is 6.92 Å². The van der Waals surface area contributed by atoms with Crippen LogP contribution in [-0.4, -0.2) is 44.8 Å². The lowest BCUT2D eigenvalue weighted by molar-refractivity contribution is -0.113. The molecule has 0 aliphatic rings. The Hall–Kier alpha value is -2.40. The van der Waals surface area contributed by atoms with Crippen molar-refractivity contribution in [3.63, 3.8) is 0 Å². The Balaban J connectivity index is 1.75. The number of carbonyl (C=O) groups excluding carboxylic acids is 3.